The average molecular weight is 170 g/mol. The zero-order chi connectivity index (χ0) is 9.03. The third-order valence-corrected chi connectivity index (χ3v) is 2.91. The van der Waals surface area contributed by atoms with Crippen LogP contribution in [0.25, 0.3) is 0 Å². The summed E-state index contributed by atoms with van der Waals surface area (Å²) in [5, 5.41) is 0. The molecule has 0 amide bonds. The Kier molecular flexibility index (Phi) is 3.27. The Balaban J connectivity index is 2.50. The monoisotopic (exact) mass is 170 g/mol. The highest BCUT2D eigenvalue weighted by Crippen LogP contribution is 2.36. The van der Waals surface area contributed by atoms with E-state index >= 15 is 0 Å². The van der Waals surface area contributed by atoms with Gasteiger partial charge >= 0.3 is 0 Å². The first-order chi connectivity index (χ1) is 5.69. The van der Waals surface area contributed by atoms with Gasteiger partial charge in [-0.3, -0.25) is 4.79 Å². The van der Waals surface area contributed by atoms with Gasteiger partial charge in [0, 0.05) is 12.5 Å². The Bertz CT molecular complexity index is 157. The Morgan fingerprint density at radius 1 is 1.33 bits per heavy atom. The molecule has 2 heteroatoms. The molecule has 0 aromatic heterocycles. The maximum atomic E-state index is 11.6. The molecule has 0 atom stereocenters. The van der Waals surface area contributed by atoms with Crippen LogP contribution in [-0.4, -0.2) is 19.5 Å². The van der Waals surface area contributed by atoms with Crippen molar-refractivity contribution in [2.75, 3.05) is 13.7 Å². The molecule has 0 aromatic rings. The molecule has 0 saturated heterocycles. The molecule has 0 bridgehead atoms. The van der Waals surface area contributed by atoms with Gasteiger partial charge in [0.1, 0.15) is 6.61 Å². The molecule has 2 nitrogen and oxygen atoms in total. The van der Waals surface area contributed by atoms with Crippen LogP contribution < -0.4 is 0 Å². The van der Waals surface area contributed by atoms with E-state index in [0.29, 0.717) is 0 Å². The molecule has 1 fully saturated rings. The van der Waals surface area contributed by atoms with Gasteiger partial charge in [-0.05, 0) is 12.8 Å². The smallest absolute Gasteiger partial charge is 0.164 e. The third kappa shape index (κ3) is 2.07. The standard InChI is InChI=1S/C10H18O2/c1-10(9(11)8-12-2)6-4-3-5-7-10/h3-8H2,1-2H3. The number of Topliss-reactive ketones (excluding diaryl/α,β-unsaturated/α-hetero) is 1. The van der Waals surface area contributed by atoms with E-state index < -0.39 is 0 Å². The van der Waals surface area contributed by atoms with Crippen LogP contribution in [0.15, 0.2) is 0 Å². The summed E-state index contributed by atoms with van der Waals surface area (Å²) in [6.45, 7) is 2.37. The minimum absolute atomic E-state index is 0.0751. The number of methoxy groups -OCH3 is 1. The maximum absolute atomic E-state index is 11.6. The van der Waals surface area contributed by atoms with Gasteiger partial charge in [-0.25, -0.2) is 0 Å². The van der Waals surface area contributed by atoms with Crippen molar-refractivity contribution in [2.45, 2.75) is 39.0 Å². The molecule has 1 aliphatic carbocycles. The number of hydrogen-bond acceptors (Lipinski definition) is 2. The molecule has 0 radical (unpaired) electrons. The van der Waals surface area contributed by atoms with Crippen molar-refractivity contribution in [1.29, 1.82) is 0 Å². The lowest BCUT2D eigenvalue weighted by atomic mass is 9.73. The van der Waals surface area contributed by atoms with Gasteiger partial charge in [-0.15, -0.1) is 0 Å². The lowest BCUT2D eigenvalue weighted by Gasteiger charge is -2.31. The molecular formula is C10H18O2. The second-order valence-electron chi connectivity index (χ2n) is 3.98. The van der Waals surface area contributed by atoms with E-state index in [0.717, 1.165) is 12.8 Å². The number of ketones is 1. The second kappa shape index (κ2) is 4.04. The van der Waals surface area contributed by atoms with Crippen LogP contribution in [0.5, 0.6) is 0 Å². The largest absolute Gasteiger partial charge is 0.377 e. The Morgan fingerprint density at radius 3 is 2.42 bits per heavy atom. The first kappa shape index (κ1) is 9.72. The van der Waals surface area contributed by atoms with E-state index in [9.17, 15) is 4.79 Å². The van der Waals surface area contributed by atoms with Gasteiger partial charge in [0.15, 0.2) is 5.78 Å². The van der Waals surface area contributed by atoms with Crippen LogP contribution in [-0.2, 0) is 9.53 Å². The molecule has 0 aromatic carbocycles. The molecule has 0 N–H and O–H groups in total. The van der Waals surface area contributed by atoms with Crippen molar-refractivity contribution >= 4 is 5.78 Å². The van der Waals surface area contributed by atoms with Crippen molar-refractivity contribution in [3.05, 3.63) is 0 Å². The number of ether oxygens (including phenoxy) is 1. The van der Waals surface area contributed by atoms with Crippen molar-refractivity contribution in [1.82, 2.24) is 0 Å². The first-order valence-corrected chi connectivity index (χ1v) is 4.71. The highest BCUT2D eigenvalue weighted by Gasteiger charge is 2.33. The highest BCUT2D eigenvalue weighted by atomic mass is 16.5. The topological polar surface area (TPSA) is 26.3 Å². The zero-order valence-electron chi connectivity index (χ0n) is 8.06. The molecule has 12 heavy (non-hydrogen) atoms. The normalized spacial score (nSPS) is 22.2. The van der Waals surface area contributed by atoms with Crippen LogP contribution in [0.2, 0.25) is 0 Å². The van der Waals surface area contributed by atoms with Gasteiger partial charge < -0.3 is 4.74 Å². The molecule has 1 rings (SSSR count). The van der Waals surface area contributed by atoms with Crippen LogP contribution in [0, 0.1) is 5.41 Å². The lowest BCUT2D eigenvalue weighted by Crippen LogP contribution is -2.32. The van der Waals surface area contributed by atoms with E-state index in [1.54, 1.807) is 7.11 Å². The van der Waals surface area contributed by atoms with Crippen LogP contribution in [0.4, 0.5) is 0 Å². The molecular weight excluding hydrogens is 152 g/mol. The Morgan fingerprint density at radius 2 is 1.92 bits per heavy atom. The van der Waals surface area contributed by atoms with Crippen molar-refractivity contribution in [2.24, 2.45) is 5.41 Å². The molecule has 1 aliphatic rings. The molecule has 70 valence electrons. The third-order valence-electron chi connectivity index (χ3n) is 2.91. The van der Waals surface area contributed by atoms with Crippen molar-refractivity contribution < 1.29 is 9.53 Å². The minimum Gasteiger partial charge on any atom is -0.377 e. The number of carbonyl (C=O) groups is 1. The summed E-state index contributed by atoms with van der Waals surface area (Å²) in [6.07, 6.45) is 5.79. The Labute approximate surface area is 74.3 Å². The van der Waals surface area contributed by atoms with Gasteiger partial charge in [0.2, 0.25) is 0 Å². The van der Waals surface area contributed by atoms with Gasteiger partial charge in [-0.1, -0.05) is 26.2 Å². The van der Waals surface area contributed by atoms with Crippen LogP contribution in [0.1, 0.15) is 39.0 Å². The van der Waals surface area contributed by atoms with E-state index in [2.05, 4.69) is 6.92 Å². The quantitative estimate of drug-likeness (QED) is 0.649. The summed E-state index contributed by atoms with van der Waals surface area (Å²) < 4.78 is 4.87. The summed E-state index contributed by atoms with van der Waals surface area (Å²) in [4.78, 5) is 11.6. The summed E-state index contributed by atoms with van der Waals surface area (Å²) in [6, 6.07) is 0. The number of hydrogen-bond donors (Lipinski definition) is 0. The fourth-order valence-corrected chi connectivity index (χ4v) is 1.92. The van der Waals surface area contributed by atoms with E-state index in [1.807, 2.05) is 0 Å². The van der Waals surface area contributed by atoms with Crippen LogP contribution in [0.3, 0.4) is 0 Å². The van der Waals surface area contributed by atoms with Gasteiger partial charge in [0.05, 0.1) is 0 Å². The van der Waals surface area contributed by atoms with E-state index in [1.165, 1.54) is 19.3 Å². The number of rotatable bonds is 3. The zero-order valence-corrected chi connectivity index (χ0v) is 8.06. The molecule has 1 saturated carbocycles. The maximum Gasteiger partial charge on any atom is 0.164 e. The fourth-order valence-electron chi connectivity index (χ4n) is 1.92. The predicted molar refractivity (Wildman–Crippen MR) is 48.1 cm³/mol. The fraction of sp³-hybridized carbons (Fsp3) is 0.900. The first-order valence-electron chi connectivity index (χ1n) is 4.71. The highest BCUT2D eigenvalue weighted by molar-refractivity contribution is 5.85. The van der Waals surface area contributed by atoms with Crippen molar-refractivity contribution in [3.63, 3.8) is 0 Å². The summed E-state index contributed by atoms with van der Waals surface area (Å²) in [5.74, 6) is 0.282. The predicted octanol–water partition coefficient (Wildman–Crippen LogP) is 2.17. The SMILES string of the molecule is COCC(=O)C1(C)CCCCC1. The molecule has 0 spiro atoms. The summed E-state index contributed by atoms with van der Waals surface area (Å²) >= 11 is 0. The summed E-state index contributed by atoms with van der Waals surface area (Å²) in [5.41, 5.74) is -0.0751. The minimum atomic E-state index is -0.0751. The van der Waals surface area contributed by atoms with Gasteiger partial charge in [-0.2, -0.15) is 0 Å². The summed E-state index contributed by atoms with van der Waals surface area (Å²) in [7, 11) is 1.59. The lowest BCUT2D eigenvalue weighted by molar-refractivity contribution is -0.133. The molecule has 0 unspecified atom stereocenters. The van der Waals surface area contributed by atoms with Gasteiger partial charge in [0.25, 0.3) is 0 Å². The van der Waals surface area contributed by atoms with Crippen LogP contribution >= 0.6 is 0 Å². The van der Waals surface area contributed by atoms with E-state index in [-0.39, 0.29) is 17.8 Å². The van der Waals surface area contributed by atoms with Crippen molar-refractivity contribution in [3.8, 4) is 0 Å². The number of carbonyl (C=O) groups excluding carboxylic acids is 1. The second-order valence-corrected chi connectivity index (χ2v) is 3.98. The van der Waals surface area contributed by atoms with E-state index in [4.69, 9.17) is 4.74 Å². The molecule has 0 heterocycles. The molecule has 0 aliphatic heterocycles. The Hall–Kier alpha value is -0.370. The average Bonchev–Trinajstić information content (AvgIpc) is 2.06.